The molecule has 0 amide bonds. The Morgan fingerprint density at radius 2 is 1.88 bits per heavy atom. The van der Waals surface area contributed by atoms with Gasteiger partial charge in [-0.05, 0) is 53.9 Å². The zero-order chi connectivity index (χ0) is 17.2. The van der Waals surface area contributed by atoms with Crippen LogP contribution in [0, 0.1) is 11.8 Å². The van der Waals surface area contributed by atoms with Crippen molar-refractivity contribution < 1.29 is 17.9 Å². The first-order valence-electron chi connectivity index (χ1n) is 7.56. The van der Waals surface area contributed by atoms with Gasteiger partial charge in [0.2, 0.25) is 0 Å². The first-order valence-corrected chi connectivity index (χ1v) is 7.56. The molecule has 0 aliphatic carbocycles. The van der Waals surface area contributed by atoms with E-state index in [1.807, 2.05) is 18.2 Å². The van der Waals surface area contributed by atoms with Crippen LogP contribution in [0.15, 0.2) is 42.5 Å². The normalized spacial score (nSPS) is 16.8. The van der Waals surface area contributed by atoms with Gasteiger partial charge in [0.15, 0.2) is 0 Å². The molecule has 0 aromatic heterocycles. The summed E-state index contributed by atoms with van der Waals surface area (Å²) in [5, 5.41) is 3.32. The van der Waals surface area contributed by atoms with Crippen molar-refractivity contribution in [3.8, 4) is 17.6 Å². The van der Waals surface area contributed by atoms with Gasteiger partial charge in [-0.15, -0.1) is 0 Å². The number of rotatable bonds is 1. The van der Waals surface area contributed by atoms with Gasteiger partial charge in [-0.25, -0.2) is 0 Å². The van der Waals surface area contributed by atoms with Crippen molar-refractivity contribution in [3.05, 3.63) is 64.7 Å². The molecular formula is C19H16F3NO. The molecule has 1 atom stereocenters. The number of ether oxygens (including phenoxy) is 1. The van der Waals surface area contributed by atoms with Crippen LogP contribution in [0.3, 0.4) is 0 Å². The van der Waals surface area contributed by atoms with Crippen LogP contribution >= 0.6 is 0 Å². The summed E-state index contributed by atoms with van der Waals surface area (Å²) >= 11 is 0. The van der Waals surface area contributed by atoms with Gasteiger partial charge in [0.1, 0.15) is 5.75 Å². The van der Waals surface area contributed by atoms with Crippen molar-refractivity contribution in [2.75, 3.05) is 13.7 Å². The second-order valence-electron chi connectivity index (χ2n) is 5.55. The third-order valence-electron chi connectivity index (χ3n) is 3.98. The molecule has 1 N–H and O–H groups in total. The van der Waals surface area contributed by atoms with Crippen LogP contribution < -0.4 is 10.1 Å². The lowest BCUT2D eigenvalue weighted by Gasteiger charge is -2.23. The molecule has 1 aliphatic heterocycles. The third-order valence-corrected chi connectivity index (χ3v) is 3.98. The summed E-state index contributed by atoms with van der Waals surface area (Å²) < 4.78 is 43.0. The quantitative estimate of drug-likeness (QED) is 0.799. The number of hydrogen-bond acceptors (Lipinski definition) is 2. The van der Waals surface area contributed by atoms with E-state index in [2.05, 4.69) is 17.2 Å². The molecule has 1 unspecified atom stereocenters. The summed E-state index contributed by atoms with van der Waals surface area (Å²) in [4.78, 5) is 0. The van der Waals surface area contributed by atoms with Crippen LogP contribution in [0.4, 0.5) is 13.2 Å². The molecule has 124 valence electrons. The van der Waals surface area contributed by atoms with Gasteiger partial charge in [-0.2, -0.15) is 13.2 Å². The van der Waals surface area contributed by atoms with Crippen molar-refractivity contribution in [2.45, 2.75) is 18.6 Å². The maximum absolute atomic E-state index is 12.6. The summed E-state index contributed by atoms with van der Waals surface area (Å²) in [5.74, 6) is 6.82. The lowest BCUT2D eigenvalue weighted by Crippen LogP contribution is -2.28. The summed E-state index contributed by atoms with van der Waals surface area (Å²) in [6.45, 7) is 0.811. The Morgan fingerprint density at radius 1 is 1.12 bits per heavy atom. The van der Waals surface area contributed by atoms with Crippen LogP contribution in [0.2, 0.25) is 0 Å². The minimum atomic E-state index is -4.33. The van der Waals surface area contributed by atoms with E-state index in [0.717, 1.165) is 36.4 Å². The van der Waals surface area contributed by atoms with Crippen LogP contribution in [0.5, 0.6) is 5.75 Å². The van der Waals surface area contributed by atoms with Gasteiger partial charge in [0.05, 0.1) is 18.7 Å². The Labute approximate surface area is 138 Å². The monoisotopic (exact) mass is 331 g/mol. The van der Waals surface area contributed by atoms with Gasteiger partial charge in [0, 0.05) is 12.1 Å². The van der Waals surface area contributed by atoms with Gasteiger partial charge in [-0.3, -0.25) is 5.32 Å². The first-order chi connectivity index (χ1) is 11.5. The summed E-state index contributed by atoms with van der Waals surface area (Å²) in [6.07, 6.45) is -3.41. The Kier molecular flexibility index (Phi) is 4.50. The van der Waals surface area contributed by atoms with E-state index in [0.29, 0.717) is 5.56 Å². The van der Waals surface area contributed by atoms with Gasteiger partial charge in [0.25, 0.3) is 0 Å². The largest absolute Gasteiger partial charge is 0.497 e. The number of nitrogens with one attached hydrogen (secondary N) is 1. The molecule has 3 rings (SSSR count). The van der Waals surface area contributed by atoms with Crippen molar-refractivity contribution in [1.82, 2.24) is 5.32 Å². The van der Waals surface area contributed by atoms with Crippen LogP contribution in [0.1, 0.15) is 28.3 Å². The molecule has 0 spiro atoms. The predicted molar refractivity (Wildman–Crippen MR) is 85.8 cm³/mol. The molecule has 0 saturated heterocycles. The van der Waals surface area contributed by atoms with E-state index in [4.69, 9.17) is 4.74 Å². The first kappa shape index (κ1) is 16.4. The standard InChI is InChI=1S/C19H16F3NO/c1-24-16-8-5-14-10-11-23-18(17(14)12-16)9-4-13-2-6-15(7-3-13)19(20,21)22/h2-3,5-8,12,18,23H,10-11H2,1H3. The van der Waals surface area contributed by atoms with Gasteiger partial charge >= 0.3 is 6.18 Å². The number of hydrogen-bond donors (Lipinski definition) is 1. The molecule has 5 heteroatoms. The van der Waals surface area contributed by atoms with Crippen molar-refractivity contribution in [1.29, 1.82) is 0 Å². The second kappa shape index (κ2) is 6.58. The van der Waals surface area contributed by atoms with Crippen molar-refractivity contribution in [2.24, 2.45) is 0 Å². The second-order valence-corrected chi connectivity index (χ2v) is 5.55. The summed E-state index contributed by atoms with van der Waals surface area (Å²) in [7, 11) is 1.61. The highest BCUT2D eigenvalue weighted by Gasteiger charge is 2.29. The molecule has 0 radical (unpaired) electrons. The van der Waals surface area contributed by atoms with Crippen molar-refractivity contribution >= 4 is 0 Å². The number of alkyl halides is 3. The van der Waals surface area contributed by atoms with Crippen LogP contribution in [-0.4, -0.2) is 13.7 Å². The van der Waals surface area contributed by atoms with Crippen molar-refractivity contribution in [3.63, 3.8) is 0 Å². The Morgan fingerprint density at radius 3 is 2.54 bits per heavy atom. The Bertz CT molecular complexity index is 785. The average molecular weight is 331 g/mol. The maximum Gasteiger partial charge on any atom is 0.416 e. The van der Waals surface area contributed by atoms with Gasteiger partial charge in [-0.1, -0.05) is 17.9 Å². The van der Waals surface area contributed by atoms with Crippen LogP contribution in [0.25, 0.3) is 0 Å². The Hall–Kier alpha value is -2.45. The molecule has 2 nitrogen and oxygen atoms in total. The highest BCUT2D eigenvalue weighted by Crippen LogP contribution is 2.29. The zero-order valence-electron chi connectivity index (χ0n) is 13.1. The zero-order valence-corrected chi connectivity index (χ0v) is 13.1. The van der Waals surface area contributed by atoms with Crippen LogP contribution in [-0.2, 0) is 12.6 Å². The number of methoxy groups -OCH3 is 1. The fraction of sp³-hybridized carbons (Fsp3) is 0.263. The molecule has 2 aromatic rings. The highest BCUT2D eigenvalue weighted by molar-refractivity contribution is 5.45. The maximum atomic E-state index is 12.6. The number of benzene rings is 2. The molecule has 24 heavy (non-hydrogen) atoms. The molecular weight excluding hydrogens is 315 g/mol. The Balaban J connectivity index is 1.85. The van der Waals surface area contributed by atoms with E-state index in [1.54, 1.807) is 7.11 Å². The van der Waals surface area contributed by atoms with E-state index < -0.39 is 11.7 Å². The fourth-order valence-corrected chi connectivity index (χ4v) is 2.68. The molecule has 1 aliphatic rings. The average Bonchev–Trinajstić information content (AvgIpc) is 2.59. The predicted octanol–water partition coefficient (Wildman–Crippen LogP) is 3.95. The smallest absolute Gasteiger partial charge is 0.416 e. The minimum Gasteiger partial charge on any atom is -0.497 e. The summed E-state index contributed by atoms with van der Waals surface area (Å²) in [5.41, 5.74) is 2.15. The number of halogens is 3. The SMILES string of the molecule is COc1ccc2c(c1)C(C#Cc1ccc(C(F)(F)F)cc1)NCC2. The van der Waals surface area contributed by atoms with E-state index >= 15 is 0 Å². The molecule has 0 fully saturated rings. The molecule has 0 bridgehead atoms. The fourth-order valence-electron chi connectivity index (χ4n) is 2.68. The number of fused-ring (bicyclic) bond motifs is 1. The topological polar surface area (TPSA) is 21.3 Å². The summed E-state index contributed by atoms with van der Waals surface area (Å²) in [6, 6.07) is 10.6. The molecule has 0 saturated carbocycles. The van der Waals surface area contributed by atoms with E-state index in [-0.39, 0.29) is 6.04 Å². The lowest BCUT2D eigenvalue weighted by molar-refractivity contribution is -0.137. The molecule has 2 aromatic carbocycles. The van der Waals surface area contributed by atoms with E-state index in [1.165, 1.54) is 17.7 Å². The minimum absolute atomic E-state index is 0.161. The lowest BCUT2D eigenvalue weighted by atomic mass is 9.94. The highest BCUT2D eigenvalue weighted by atomic mass is 19.4. The molecule has 1 heterocycles. The third kappa shape index (κ3) is 3.55. The van der Waals surface area contributed by atoms with Gasteiger partial charge < -0.3 is 4.74 Å². The van der Waals surface area contributed by atoms with E-state index in [9.17, 15) is 13.2 Å².